The molecule has 24 heavy (non-hydrogen) atoms. The number of fused-ring (bicyclic) bond motifs is 1. The Morgan fingerprint density at radius 2 is 1.83 bits per heavy atom. The van der Waals surface area contributed by atoms with Crippen LogP contribution >= 0.6 is 0 Å². The second-order valence-corrected chi connectivity index (χ2v) is 6.44. The maximum absolute atomic E-state index is 10.2. The monoisotopic (exact) mass is 329 g/mol. The van der Waals surface area contributed by atoms with Crippen LogP contribution in [0.25, 0.3) is 0 Å². The molecule has 0 unspecified atom stereocenters. The van der Waals surface area contributed by atoms with E-state index in [1.807, 2.05) is 12.1 Å². The third kappa shape index (κ3) is 2.76. The van der Waals surface area contributed by atoms with Gasteiger partial charge in [-0.2, -0.15) is 0 Å². The molecule has 1 aliphatic heterocycles. The Hall–Kier alpha value is -2.40. The van der Waals surface area contributed by atoms with E-state index in [9.17, 15) is 15.3 Å². The molecule has 1 heterocycles. The van der Waals surface area contributed by atoms with Crippen LogP contribution in [-0.2, 0) is 6.42 Å². The van der Waals surface area contributed by atoms with Crippen LogP contribution in [0.2, 0.25) is 0 Å². The number of nitrogens with zero attached hydrogens (tertiary/aromatic N) is 1. The molecule has 2 aromatic carbocycles. The summed E-state index contributed by atoms with van der Waals surface area (Å²) in [4.78, 5) is 2.25. The fraction of sp³-hybridized carbons (Fsp3) is 0.368. The van der Waals surface area contributed by atoms with Gasteiger partial charge in [0.2, 0.25) is 0 Å². The summed E-state index contributed by atoms with van der Waals surface area (Å²) in [5.74, 6) is 0.471. The van der Waals surface area contributed by atoms with E-state index < -0.39 is 0 Å². The zero-order valence-electron chi connectivity index (χ0n) is 14.2. The fourth-order valence-electron chi connectivity index (χ4n) is 3.61. The van der Waals surface area contributed by atoms with Crippen molar-refractivity contribution in [3.63, 3.8) is 0 Å². The first-order valence-corrected chi connectivity index (χ1v) is 8.04. The van der Waals surface area contributed by atoms with E-state index in [1.165, 1.54) is 11.6 Å². The molecule has 5 heteroatoms. The summed E-state index contributed by atoms with van der Waals surface area (Å²) in [6.07, 6.45) is 0.895. The van der Waals surface area contributed by atoms with Crippen molar-refractivity contribution in [1.82, 2.24) is 4.90 Å². The first-order chi connectivity index (χ1) is 11.4. The van der Waals surface area contributed by atoms with Crippen molar-refractivity contribution in [1.29, 1.82) is 0 Å². The molecule has 2 aromatic rings. The molecular weight excluding hydrogens is 306 g/mol. The summed E-state index contributed by atoms with van der Waals surface area (Å²) in [6, 6.07) is 8.69. The van der Waals surface area contributed by atoms with Gasteiger partial charge in [-0.15, -0.1) is 0 Å². The number of hydrogen-bond acceptors (Lipinski definition) is 5. The first-order valence-electron chi connectivity index (χ1n) is 8.04. The molecule has 0 aliphatic carbocycles. The average Bonchev–Trinajstić information content (AvgIpc) is 2.56. The summed E-state index contributed by atoms with van der Waals surface area (Å²) in [5.41, 5.74) is 3.18. The maximum Gasteiger partial charge on any atom is 0.160 e. The third-order valence-corrected chi connectivity index (χ3v) is 4.97. The molecule has 0 bridgehead atoms. The highest BCUT2D eigenvalue weighted by Gasteiger charge is 2.31. The number of hydrogen-bond donors (Lipinski definition) is 3. The lowest BCUT2D eigenvalue weighted by atomic mass is 9.82. The Bertz CT molecular complexity index is 759. The van der Waals surface area contributed by atoms with Gasteiger partial charge in [0.05, 0.1) is 7.11 Å². The van der Waals surface area contributed by atoms with Crippen molar-refractivity contribution in [3.05, 3.63) is 47.0 Å². The van der Waals surface area contributed by atoms with Crippen LogP contribution in [0.15, 0.2) is 30.3 Å². The predicted molar refractivity (Wildman–Crippen MR) is 91.9 cm³/mol. The van der Waals surface area contributed by atoms with E-state index >= 15 is 0 Å². The van der Waals surface area contributed by atoms with Crippen molar-refractivity contribution in [3.8, 4) is 23.0 Å². The first kappa shape index (κ1) is 16.5. The Morgan fingerprint density at radius 3 is 2.50 bits per heavy atom. The van der Waals surface area contributed by atoms with Crippen LogP contribution in [0.5, 0.6) is 23.0 Å². The SMILES string of the molecule is COc1cc2c(cc1O)[C@@H]([C@H](C)c1ccc(O)c(O)c1)N(C)CC2. The minimum absolute atomic E-state index is 0.0644. The van der Waals surface area contributed by atoms with Gasteiger partial charge in [-0.05, 0) is 54.4 Å². The molecule has 3 N–H and O–H groups in total. The fourth-order valence-corrected chi connectivity index (χ4v) is 3.61. The van der Waals surface area contributed by atoms with E-state index in [0.717, 1.165) is 24.1 Å². The number of likely N-dealkylation sites (N-methyl/N-ethyl adjacent to an activating group) is 1. The highest BCUT2D eigenvalue weighted by molar-refractivity contribution is 5.50. The van der Waals surface area contributed by atoms with Crippen molar-refractivity contribution in [2.24, 2.45) is 0 Å². The van der Waals surface area contributed by atoms with Crippen molar-refractivity contribution >= 4 is 0 Å². The highest BCUT2D eigenvalue weighted by atomic mass is 16.5. The number of benzene rings is 2. The van der Waals surface area contributed by atoms with E-state index in [4.69, 9.17) is 4.74 Å². The van der Waals surface area contributed by atoms with Crippen LogP contribution in [0.4, 0.5) is 0 Å². The summed E-state index contributed by atoms with van der Waals surface area (Å²) < 4.78 is 5.22. The zero-order valence-corrected chi connectivity index (χ0v) is 14.2. The number of ether oxygens (including phenoxy) is 1. The third-order valence-electron chi connectivity index (χ3n) is 4.97. The largest absolute Gasteiger partial charge is 0.504 e. The van der Waals surface area contributed by atoms with Crippen molar-refractivity contribution in [2.45, 2.75) is 25.3 Å². The predicted octanol–water partition coefficient (Wildman–Crippen LogP) is 3.14. The summed E-state index contributed by atoms with van der Waals surface area (Å²) >= 11 is 0. The molecule has 2 atom stereocenters. The smallest absolute Gasteiger partial charge is 0.160 e. The van der Waals surface area contributed by atoms with Crippen molar-refractivity contribution in [2.75, 3.05) is 20.7 Å². The molecule has 1 aliphatic rings. The Balaban J connectivity index is 2.04. The van der Waals surface area contributed by atoms with Crippen LogP contribution in [0.3, 0.4) is 0 Å². The second-order valence-electron chi connectivity index (χ2n) is 6.44. The van der Waals surface area contributed by atoms with Gasteiger partial charge in [-0.25, -0.2) is 0 Å². The molecule has 0 amide bonds. The molecule has 0 saturated heterocycles. The summed E-state index contributed by atoms with van der Waals surface area (Å²) in [6.45, 7) is 2.99. The molecule has 0 saturated carbocycles. The lowest BCUT2D eigenvalue weighted by Crippen LogP contribution is -2.35. The molecule has 0 radical (unpaired) electrons. The van der Waals surface area contributed by atoms with E-state index in [1.54, 1.807) is 19.2 Å². The van der Waals surface area contributed by atoms with Crippen LogP contribution in [0, 0.1) is 0 Å². The normalized spacial score (nSPS) is 18.9. The topological polar surface area (TPSA) is 73.2 Å². The zero-order chi connectivity index (χ0) is 17.4. The van der Waals surface area contributed by atoms with Gasteiger partial charge < -0.3 is 20.1 Å². The minimum atomic E-state index is -0.120. The molecule has 0 fully saturated rings. The number of rotatable bonds is 3. The highest BCUT2D eigenvalue weighted by Crippen LogP contribution is 2.44. The van der Waals surface area contributed by atoms with Gasteiger partial charge in [-0.3, -0.25) is 4.90 Å². The number of aromatic hydroxyl groups is 3. The number of phenols is 3. The van der Waals surface area contributed by atoms with Gasteiger partial charge >= 0.3 is 0 Å². The average molecular weight is 329 g/mol. The van der Waals surface area contributed by atoms with Gasteiger partial charge in [0.15, 0.2) is 23.0 Å². The number of phenolic OH excluding ortho intramolecular Hbond substituents is 3. The summed E-state index contributed by atoms with van der Waals surface area (Å²) in [5, 5.41) is 29.5. The Morgan fingerprint density at radius 1 is 1.08 bits per heavy atom. The van der Waals surface area contributed by atoms with Crippen molar-refractivity contribution < 1.29 is 20.1 Å². The molecule has 5 nitrogen and oxygen atoms in total. The standard InChI is InChI=1S/C19H23NO4/c1-11(12-4-5-15(21)16(22)8-12)19-14-10-17(23)18(24-3)9-13(14)6-7-20(19)2/h4-5,8-11,19,21-23H,6-7H2,1-3H3/t11-,19-/m1/s1. The van der Waals surface area contributed by atoms with Crippen LogP contribution < -0.4 is 4.74 Å². The van der Waals surface area contributed by atoms with E-state index in [-0.39, 0.29) is 29.2 Å². The van der Waals surface area contributed by atoms with E-state index in [0.29, 0.717) is 5.75 Å². The molecule has 128 valence electrons. The lowest BCUT2D eigenvalue weighted by Gasteiger charge is -2.39. The lowest BCUT2D eigenvalue weighted by molar-refractivity contribution is 0.203. The maximum atomic E-state index is 10.2. The van der Waals surface area contributed by atoms with Gasteiger partial charge in [0, 0.05) is 18.5 Å². The quantitative estimate of drug-likeness (QED) is 0.755. The molecule has 0 aromatic heterocycles. The summed E-state index contributed by atoms with van der Waals surface area (Å²) in [7, 11) is 3.61. The molecular formula is C19H23NO4. The van der Waals surface area contributed by atoms with Gasteiger partial charge in [-0.1, -0.05) is 13.0 Å². The van der Waals surface area contributed by atoms with E-state index in [2.05, 4.69) is 18.9 Å². The van der Waals surface area contributed by atoms with Crippen LogP contribution in [-0.4, -0.2) is 40.9 Å². The second kappa shape index (κ2) is 6.24. The van der Waals surface area contributed by atoms with Gasteiger partial charge in [0.1, 0.15) is 0 Å². The Kier molecular flexibility index (Phi) is 4.28. The van der Waals surface area contributed by atoms with Crippen LogP contribution in [0.1, 0.15) is 35.6 Å². The number of methoxy groups -OCH3 is 1. The molecule has 3 rings (SSSR count). The van der Waals surface area contributed by atoms with Gasteiger partial charge in [0.25, 0.3) is 0 Å². The minimum Gasteiger partial charge on any atom is -0.504 e. The Labute approximate surface area is 141 Å². The molecule has 0 spiro atoms.